The number of carbonyl (C=O) groups is 7. The van der Waals surface area contributed by atoms with E-state index in [-0.39, 0.29) is 24.1 Å². The van der Waals surface area contributed by atoms with Crippen LogP contribution < -0.4 is 37.9 Å². The van der Waals surface area contributed by atoms with Crippen LogP contribution in [0.5, 0.6) is 0 Å². The fraction of sp³-hybridized carbons (Fsp3) is 0.484. The molecule has 0 saturated heterocycles. The maximum atomic E-state index is 13.4. The number of halogens is 3. The molecule has 4 unspecified atom stereocenters. The van der Waals surface area contributed by atoms with Crippen molar-refractivity contribution < 1.29 is 56.3 Å². The van der Waals surface area contributed by atoms with E-state index >= 15 is 0 Å². The van der Waals surface area contributed by atoms with Gasteiger partial charge in [0.2, 0.25) is 35.4 Å². The molecule has 0 bridgehead atoms. The van der Waals surface area contributed by atoms with E-state index in [2.05, 4.69) is 26.6 Å². The number of nitrogens with two attached hydrogens (primary N) is 1. The van der Waals surface area contributed by atoms with E-state index in [1.54, 1.807) is 27.7 Å². The smallest absolute Gasteiger partial charge is 0.417 e. The van der Waals surface area contributed by atoms with Crippen molar-refractivity contribution >= 4 is 58.1 Å². The Morgan fingerprint density at radius 1 is 0.820 bits per heavy atom. The minimum Gasteiger partial charge on any atom is -0.481 e. The number of hydrogen-bond donors (Lipinski definition) is 7. The Hall–Kier alpha value is -5.49. The fourth-order valence-corrected chi connectivity index (χ4v) is 4.76. The normalized spacial score (nSPS) is 13.9. The summed E-state index contributed by atoms with van der Waals surface area (Å²) in [4.78, 5) is 99.5. The second-order valence-electron chi connectivity index (χ2n) is 12.2. The molecule has 6 amide bonds. The largest absolute Gasteiger partial charge is 0.481 e. The van der Waals surface area contributed by atoms with Crippen LogP contribution in [0.4, 0.5) is 18.9 Å². The lowest BCUT2D eigenvalue weighted by Gasteiger charge is -2.27. The molecular formula is C31H39F3N6O10. The second kappa shape index (κ2) is 17.3. The van der Waals surface area contributed by atoms with Gasteiger partial charge in [0.15, 0.2) is 0 Å². The van der Waals surface area contributed by atoms with Crippen LogP contribution in [0.1, 0.15) is 59.4 Å². The molecule has 0 spiro atoms. The van der Waals surface area contributed by atoms with E-state index in [0.717, 1.165) is 18.2 Å². The number of fused-ring (bicyclic) bond motifs is 1. The van der Waals surface area contributed by atoms with Crippen LogP contribution in [0, 0.1) is 11.8 Å². The number of carbonyl (C=O) groups excluding carboxylic acids is 6. The molecule has 1 aromatic carbocycles. The van der Waals surface area contributed by atoms with Crippen LogP contribution in [0.3, 0.4) is 0 Å². The first-order chi connectivity index (χ1) is 23.1. The first kappa shape index (κ1) is 40.7. The summed E-state index contributed by atoms with van der Waals surface area (Å²) in [6, 6.07) is -2.77. The van der Waals surface area contributed by atoms with E-state index in [4.69, 9.17) is 10.2 Å². The van der Waals surface area contributed by atoms with E-state index in [1.807, 2.05) is 0 Å². The van der Waals surface area contributed by atoms with Crippen LogP contribution in [-0.2, 0) is 39.7 Å². The van der Waals surface area contributed by atoms with Gasteiger partial charge in [-0.15, -0.1) is 0 Å². The number of amides is 6. The van der Waals surface area contributed by atoms with Gasteiger partial charge in [-0.2, -0.15) is 13.2 Å². The number of aliphatic carboxylic acids is 1. The predicted molar refractivity (Wildman–Crippen MR) is 170 cm³/mol. The molecule has 4 atom stereocenters. The zero-order valence-electron chi connectivity index (χ0n) is 27.7. The summed E-state index contributed by atoms with van der Waals surface area (Å²) in [7, 11) is 0. The molecule has 0 saturated carbocycles. The highest BCUT2D eigenvalue weighted by Gasteiger charge is 2.35. The zero-order chi connectivity index (χ0) is 38.1. The summed E-state index contributed by atoms with van der Waals surface area (Å²) in [5, 5.41) is 20.6. The third-order valence-electron chi connectivity index (χ3n) is 7.02. The van der Waals surface area contributed by atoms with Crippen LogP contribution in [0.25, 0.3) is 11.0 Å². The summed E-state index contributed by atoms with van der Waals surface area (Å²) in [5.41, 5.74) is 1.95. The number of nitrogens with one attached hydrogen (secondary N) is 5. The number of hydrogen-bond acceptors (Lipinski definition) is 9. The van der Waals surface area contributed by atoms with E-state index < -0.39 is 113 Å². The highest BCUT2D eigenvalue weighted by Crippen LogP contribution is 2.34. The molecule has 0 aliphatic carbocycles. The van der Waals surface area contributed by atoms with Gasteiger partial charge in [0.05, 0.1) is 18.4 Å². The first-order valence-electron chi connectivity index (χ1n) is 15.2. The molecule has 16 nitrogen and oxygen atoms in total. The summed E-state index contributed by atoms with van der Waals surface area (Å²) in [6.07, 6.45) is -6.63. The maximum absolute atomic E-state index is 13.4. The monoisotopic (exact) mass is 712 g/mol. The molecule has 1 heterocycles. The standard InChI is InChI=1S/C31H39F3N6O10/c1-13(2)8-19(38-29(48)20(11-23(35)42)40-30(49)26(14(3)4)36-15(5)41)28(47)39-21(12-24(43)44)27(46)37-16-6-7-17-18(31(32,33)34)10-25(45)50-22(17)9-16/h6-7,9-10,13-14,19-21,26H,8,11-12H2,1-5H3,(H2,35,42)(H,36,41)(H,37,46)(H,38,48)(H,39,47)(H,40,49)(H,43,44). The lowest BCUT2D eigenvalue weighted by atomic mass is 10.0. The predicted octanol–water partition coefficient (Wildman–Crippen LogP) is 0.762. The number of rotatable bonds is 16. The fourth-order valence-electron chi connectivity index (χ4n) is 4.76. The van der Waals surface area contributed by atoms with Gasteiger partial charge in [-0.05, 0) is 30.4 Å². The first-order valence-corrected chi connectivity index (χ1v) is 15.2. The molecule has 8 N–H and O–H groups in total. The Morgan fingerprint density at radius 3 is 1.90 bits per heavy atom. The molecule has 1 aromatic heterocycles. The van der Waals surface area contributed by atoms with Gasteiger partial charge < -0.3 is 41.8 Å². The van der Waals surface area contributed by atoms with Gasteiger partial charge in [-0.3, -0.25) is 33.6 Å². The zero-order valence-corrected chi connectivity index (χ0v) is 27.7. The Balaban J connectivity index is 2.33. The molecule has 2 rings (SSSR count). The van der Waals surface area contributed by atoms with Crippen molar-refractivity contribution in [2.45, 2.75) is 84.2 Å². The molecule has 0 aliphatic rings. The molecule has 0 aliphatic heterocycles. The Morgan fingerprint density at radius 2 is 1.38 bits per heavy atom. The van der Waals surface area contributed by atoms with Gasteiger partial charge in [-0.1, -0.05) is 27.7 Å². The number of primary amides is 1. The molecule has 50 heavy (non-hydrogen) atoms. The van der Waals surface area contributed by atoms with Crippen molar-refractivity contribution in [2.24, 2.45) is 17.6 Å². The van der Waals surface area contributed by atoms with Crippen molar-refractivity contribution in [3.8, 4) is 0 Å². The average Bonchev–Trinajstić information content (AvgIpc) is 2.96. The second-order valence-corrected chi connectivity index (χ2v) is 12.2. The van der Waals surface area contributed by atoms with Crippen molar-refractivity contribution in [3.63, 3.8) is 0 Å². The highest BCUT2D eigenvalue weighted by molar-refractivity contribution is 6.02. The quantitative estimate of drug-likeness (QED) is 0.120. The van der Waals surface area contributed by atoms with Crippen molar-refractivity contribution in [1.29, 1.82) is 0 Å². The van der Waals surface area contributed by atoms with Gasteiger partial charge in [-0.25, -0.2) is 4.79 Å². The van der Waals surface area contributed by atoms with Crippen molar-refractivity contribution in [2.75, 3.05) is 5.32 Å². The lowest BCUT2D eigenvalue weighted by molar-refractivity contribution is -0.140. The van der Waals surface area contributed by atoms with Gasteiger partial charge >= 0.3 is 17.8 Å². The Bertz CT molecular complexity index is 1690. The van der Waals surface area contributed by atoms with Crippen LogP contribution in [-0.4, -0.2) is 70.7 Å². The van der Waals surface area contributed by atoms with E-state index in [0.29, 0.717) is 0 Å². The average molecular weight is 713 g/mol. The third-order valence-corrected chi connectivity index (χ3v) is 7.02. The minimum absolute atomic E-state index is 0.0675. The number of alkyl halides is 3. The highest BCUT2D eigenvalue weighted by atomic mass is 19.4. The van der Waals surface area contributed by atoms with E-state index in [1.165, 1.54) is 6.92 Å². The lowest BCUT2D eigenvalue weighted by Crippen LogP contribution is -2.59. The summed E-state index contributed by atoms with van der Waals surface area (Å²) >= 11 is 0. The van der Waals surface area contributed by atoms with Crippen LogP contribution in [0.2, 0.25) is 0 Å². The molecule has 19 heteroatoms. The molecular weight excluding hydrogens is 673 g/mol. The van der Waals surface area contributed by atoms with E-state index in [9.17, 15) is 56.6 Å². The molecule has 2 aromatic rings. The summed E-state index contributed by atoms with van der Waals surface area (Å²) in [5.74, 6) is -7.77. The van der Waals surface area contributed by atoms with Crippen molar-refractivity contribution in [3.05, 3.63) is 40.2 Å². The molecule has 274 valence electrons. The SMILES string of the molecule is CC(=O)NC(C(=O)NC(CC(N)=O)C(=O)NC(CC(C)C)C(=O)NC(CC(=O)O)C(=O)Nc1ccc2c(C(F)(F)F)cc(=O)oc2c1)C(C)C. The third kappa shape index (κ3) is 12.2. The number of carboxylic acids is 1. The topological polar surface area (TPSA) is 256 Å². The molecule has 0 radical (unpaired) electrons. The van der Waals surface area contributed by atoms with Gasteiger partial charge in [0.25, 0.3) is 0 Å². The number of benzene rings is 1. The number of carboxylic acid groups (broad SMARTS) is 1. The minimum atomic E-state index is -4.90. The summed E-state index contributed by atoms with van der Waals surface area (Å²) in [6.45, 7) is 7.78. The van der Waals surface area contributed by atoms with Gasteiger partial charge in [0, 0.05) is 30.1 Å². The van der Waals surface area contributed by atoms with Crippen LogP contribution in [0.15, 0.2) is 33.5 Å². The Labute approximate surface area is 283 Å². The molecule has 0 fully saturated rings. The maximum Gasteiger partial charge on any atom is 0.417 e. The van der Waals surface area contributed by atoms with Crippen molar-refractivity contribution in [1.82, 2.24) is 21.3 Å². The number of anilines is 1. The van der Waals surface area contributed by atoms with Gasteiger partial charge in [0.1, 0.15) is 29.8 Å². The van der Waals surface area contributed by atoms with Crippen LogP contribution >= 0.6 is 0 Å². The Kier molecular flexibility index (Phi) is 14.0. The summed E-state index contributed by atoms with van der Waals surface area (Å²) < 4.78 is 45.1.